The van der Waals surface area contributed by atoms with Crippen LogP contribution in [0.2, 0.25) is 0 Å². The third kappa shape index (κ3) is 3.10. The minimum absolute atomic E-state index is 0.00312. The number of anilines is 1. The Labute approximate surface area is 144 Å². The number of benzene rings is 2. The van der Waals surface area contributed by atoms with Crippen LogP contribution in [0, 0.1) is 5.82 Å². The van der Waals surface area contributed by atoms with E-state index in [9.17, 15) is 19.1 Å². The van der Waals surface area contributed by atoms with Crippen LogP contribution < -0.4 is 9.64 Å². The van der Waals surface area contributed by atoms with Crippen LogP contribution in [-0.4, -0.2) is 23.0 Å². The average molecular weight is 341 g/mol. The maximum absolute atomic E-state index is 13.4. The summed E-state index contributed by atoms with van der Waals surface area (Å²) in [6.07, 6.45) is -0.00312. The molecule has 2 amide bonds. The van der Waals surface area contributed by atoms with Crippen LogP contribution in [0.4, 0.5) is 10.1 Å². The molecule has 2 aromatic rings. The SMILES string of the molecule is CC(C)Oc1ccc(C2=C(O)C(=O)N(c3cccc(F)c3)C2=O)cc1. The first-order chi connectivity index (χ1) is 11.9. The summed E-state index contributed by atoms with van der Waals surface area (Å²) in [5, 5.41) is 10.1. The van der Waals surface area contributed by atoms with Crippen molar-refractivity contribution in [3.05, 3.63) is 65.7 Å². The maximum Gasteiger partial charge on any atom is 0.301 e. The van der Waals surface area contributed by atoms with Crippen molar-refractivity contribution in [2.45, 2.75) is 20.0 Å². The first-order valence-electron chi connectivity index (χ1n) is 7.73. The molecule has 128 valence electrons. The molecule has 0 unspecified atom stereocenters. The standard InChI is InChI=1S/C19H16FNO4/c1-11(2)25-15-8-6-12(7-9-15)16-17(22)19(24)21(18(16)23)14-5-3-4-13(20)10-14/h3-11,22H,1-2H3. The molecule has 0 radical (unpaired) electrons. The molecule has 5 nitrogen and oxygen atoms in total. The summed E-state index contributed by atoms with van der Waals surface area (Å²) < 4.78 is 18.9. The predicted octanol–water partition coefficient (Wildman–Crippen LogP) is 3.46. The van der Waals surface area contributed by atoms with E-state index in [2.05, 4.69) is 0 Å². The van der Waals surface area contributed by atoms with Gasteiger partial charge in [-0.3, -0.25) is 9.59 Å². The molecule has 0 fully saturated rings. The molecule has 0 aliphatic carbocycles. The molecule has 1 aliphatic heterocycles. The highest BCUT2D eigenvalue weighted by Gasteiger charge is 2.40. The van der Waals surface area contributed by atoms with Gasteiger partial charge in [-0.25, -0.2) is 9.29 Å². The Hall–Kier alpha value is -3.15. The van der Waals surface area contributed by atoms with Gasteiger partial charge < -0.3 is 9.84 Å². The fourth-order valence-electron chi connectivity index (χ4n) is 2.60. The van der Waals surface area contributed by atoms with Crippen molar-refractivity contribution in [1.29, 1.82) is 0 Å². The average Bonchev–Trinajstić information content (AvgIpc) is 2.78. The highest BCUT2D eigenvalue weighted by molar-refractivity contribution is 6.44. The van der Waals surface area contributed by atoms with Crippen molar-refractivity contribution in [2.75, 3.05) is 4.90 Å². The molecule has 0 saturated heterocycles. The van der Waals surface area contributed by atoms with Crippen LogP contribution >= 0.6 is 0 Å². The van der Waals surface area contributed by atoms with Gasteiger partial charge in [-0.15, -0.1) is 0 Å². The van der Waals surface area contributed by atoms with E-state index in [-0.39, 0.29) is 17.4 Å². The second-order valence-corrected chi connectivity index (χ2v) is 5.84. The highest BCUT2D eigenvalue weighted by Crippen LogP contribution is 2.32. The number of halogens is 1. The van der Waals surface area contributed by atoms with E-state index in [0.717, 1.165) is 11.0 Å². The summed E-state index contributed by atoms with van der Waals surface area (Å²) in [5.74, 6) is -2.22. The van der Waals surface area contributed by atoms with Gasteiger partial charge in [-0.2, -0.15) is 0 Å². The molecule has 6 heteroatoms. The largest absolute Gasteiger partial charge is 0.502 e. The summed E-state index contributed by atoms with van der Waals surface area (Å²) in [5.41, 5.74) is 0.326. The van der Waals surface area contributed by atoms with Crippen molar-refractivity contribution in [2.24, 2.45) is 0 Å². The number of carbonyl (C=O) groups is 2. The maximum atomic E-state index is 13.4. The Morgan fingerprint density at radius 1 is 1.04 bits per heavy atom. The van der Waals surface area contributed by atoms with Gasteiger partial charge in [0.2, 0.25) is 0 Å². The Balaban J connectivity index is 1.94. The molecule has 1 N–H and O–H groups in total. The molecule has 0 saturated carbocycles. The minimum Gasteiger partial charge on any atom is -0.502 e. The van der Waals surface area contributed by atoms with Crippen molar-refractivity contribution in [3.63, 3.8) is 0 Å². The number of imide groups is 1. The van der Waals surface area contributed by atoms with Gasteiger partial charge in [0.1, 0.15) is 11.6 Å². The monoisotopic (exact) mass is 341 g/mol. The minimum atomic E-state index is -0.881. The zero-order chi connectivity index (χ0) is 18.1. The summed E-state index contributed by atoms with van der Waals surface area (Å²) >= 11 is 0. The molecule has 1 heterocycles. The second kappa shape index (κ2) is 6.39. The zero-order valence-electron chi connectivity index (χ0n) is 13.7. The van der Waals surface area contributed by atoms with Crippen LogP contribution in [0.15, 0.2) is 54.3 Å². The molecule has 25 heavy (non-hydrogen) atoms. The van der Waals surface area contributed by atoms with E-state index in [4.69, 9.17) is 4.74 Å². The van der Waals surface area contributed by atoms with E-state index in [1.807, 2.05) is 13.8 Å². The van der Waals surface area contributed by atoms with Gasteiger partial charge in [0.05, 0.1) is 17.4 Å². The number of aliphatic hydroxyl groups excluding tert-OH is 1. The van der Waals surface area contributed by atoms with Gasteiger partial charge in [0.15, 0.2) is 5.76 Å². The third-order valence-corrected chi connectivity index (χ3v) is 3.64. The lowest BCUT2D eigenvalue weighted by molar-refractivity contribution is -0.121. The molecule has 0 atom stereocenters. The fraction of sp³-hybridized carbons (Fsp3) is 0.158. The number of aliphatic hydroxyl groups is 1. The molecule has 0 bridgehead atoms. The van der Waals surface area contributed by atoms with Gasteiger partial charge in [0.25, 0.3) is 5.91 Å². The first kappa shape index (κ1) is 16.7. The van der Waals surface area contributed by atoms with Gasteiger partial charge >= 0.3 is 5.91 Å². The number of nitrogens with zero attached hydrogens (tertiary/aromatic N) is 1. The number of carbonyl (C=O) groups excluding carboxylic acids is 2. The lowest BCUT2D eigenvalue weighted by atomic mass is 10.1. The van der Waals surface area contributed by atoms with E-state index in [1.165, 1.54) is 18.2 Å². The van der Waals surface area contributed by atoms with E-state index in [1.54, 1.807) is 24.3 Å². The van der Waals surface area contributed by atoms with Gasteiger partial charge in [0, 0.05) is 0 Å². The second-order valence-electron chi connectivity index (χ2n) is 5.84. The Morgan fingerprint density at radius 3 is 2.32 bits per heavy atom. The summed E-state index contributed by atoms with van der Waals surface area (Å²) in [4.78, 5) is 25.7. The zero-order valence-corrected chi connectivity index (χ0v) is 13.7. The number of rotatable bonds is 4. The van der Waals surface area contributed by atoms with Gasteiger partial charge in [-0.1, -0.05) is 18.2 Å². The number of hydrogen-bond donors (Lipinski definition) is 1. The van der Waals surface area contributed by atoms with Crippen molar-refractivity contribution < 1.29 is 23.8 Å². The molecular formula is C19H16FNO4. The summed E-state index contributed by atoms with van der Waals surface area (Å²) in [6.45, 7) is 3.77. The topological polar surface area (TPSA) is 66.8 Å². The van der Waals surface area contributed by atoms with Crippen molar-refractivity contribution in [3.8, 4) is 5.75 Å². The molecule has 0 spiro atoms. The van der Waals surface area contributed by atoms with Crippen LogP contribution in [0.25, 0.3) is 5.57 Å². The summed E-state index contributed by atoms with van der Waals surface area (Å²) in [7, 11) is 0. The third-order valence-electron chi connectivity index (χ3n) is 3.64. The normalized spacial score (nSPS) is 14.6. The van der Waals surface area contributed by atoms with E-state index in [0.29, 0.717) is 11.3 Å². The van der Waals surface area contributed by atoms with Crippen LogP contribution in [0.5, 0.6) is 5.75 Å². The quantitative estimate of drug-likeness (QED) is 0.865. The van der Waals surface area contributed by atoms with Crippen LogP contribution in [0.1, 0.15) is 19.4 Å². The molecule has 1 aliphatic rings. The van der Waals surface area contributed by atoms with Crippen molar-refractivity contribution >= 4 is 23.1 Å². The fourth-order valence-corrected chi connectivity index (χ4v) is 2.60. The predicted molar refractivity (Wildman–Crippen MR) is 90.6 cm³/mol. The molecule has 3 rings (SSSR count). The van der Waals surface area contributed by atoms with Crippen LogP contribution in [0.3, 0.4) is 0 Å². The Bertz CT molecular complexity index is 871. The van der Waals surface area contributed by atoms with E-state index >= 15 is 0 Å². The lowest BCUT2D eigenvalue weighted by Crippen LogP contribution is -2.31. The highest BCUT2D eigenvalue weighted by atomic mass is 19.1. The number of ether oxygens (including phenoxy) is 1. The Morgan fingerprint density at radius 2 is 1.72 bits per heavy atom. The molecular weight excluding hydrogens is 325 g/mol. The first-order valence-corrected chi connectivity index (χ1v) is 7.73. The lowest BCUT2D eigenvalue weighted by Gasteiger charge is -2.14. The molecule has 0 aromatic heterocycles. The summed E-state index contributed by atoms with van der Waals surface area (Å²) in [6, 6.07) is 11.6. The van der Waals surface area contributed by atoms with E-state index < -0.39 is 23.4 Å². The van der Waals surface area contributed by atoms with Crippen molar-refractivity contribution in [1.82, 2.24) is 0 Å². The van der Waals surface area contributed by atoms with Gasteiger partial charge in [-0.05, 0) is 49.7 Å². The number of amides is 2. The smallest absolute Gasteiger partial charge is 0.301 e. The van der Waals surface area contributed by atoms with Crippen LogP contribution in [-0.2, 0) is 9.59 Å². The molecule has 2 aromatic carbocycles. The Kier molecular flexibility index (Phi) is 4.27. The number of hydrogen-bond acceptors (Lipinski definition) is 4.